The first-order chi connectivity index (χ1) is 18.4. The number of fused-ring (bicyclic) bond motifs is 1. The third-order valence-electron chi connectivity index (χ3n) is 6.55. The third-order valence-corrected chi connectivity index (χ3v) is 6.55. The fourth-order valence-electron chi connectivity index (χ4n) is 5.01. The van der Waals surface area contributed by atoms with Crippen molar-refractivity contribution >= 4 is 28.9 Å². The van der Waals surface area contributed by atoms with Crippen LogP contribution in [0.3, 0.4) is 0 Å². The zero-order valence-electron chi connectivity index (χ0n) is 21.2. The molecule has 1 unspecified atom stereocenters. The van der Waals surface area contributed by atoms with Crippen molar-refractivity contribution in [1.29, 1.82) is 10.5 Å². The van der Waals surface area contributed by atoms with Gasteiger partial charge in [0, 0.05) is 11.1 Å². The van der Waals surface area contributed by atoms with Crippen LogP contribution in [0.15, 0.2) is 60.7 Å². The van der Waals surface area contributed by atoms with E-state index >= 15 is 0 Å². The standard InChI is InChI=1S/C30H26N4O4/c1-3-37-24(35)16-30(29(36)38-4-2)15-21(19-11-7-5-8-12-19)22(17-31)27-26(30)25(20-13-9-6-10-14-20)23(18-32)28(33)34-27/h5-14H,3-4,15-16H2,1-2H3,(H2,33,34). The number of nitrogens with two attached hydrogens (primary N) is 1. The zero-order valence-corrected chi connectivity index (χ0v) is 21.2. The maximum Gasteiger partial charge on any atom is 0.317 e. The monoisotopic (exact) mass is 506 g/mol. The number of allylic oxidation sites excluding steroid dienone is 2. The minimum absolute atomic E-state index is 0.0408. The molecule has 0 saturated carbocycles. The van der Waals surface area contributed by atoms with Gasteiger partial charge in [0.2, 0.25) is 0 Å². The smallest absolute Gasteiger partial charge is 0.317 e. The Bertz CT molecular complexity index is 1500. The molecule has 190 valence electrons. The topological polar surface area (TPSA) is 139 Å². The van der Waals surface area contributed by atoms with Gasteiger partial charge in [-0.1, -0.05) is 60.7 Å². The number of aromatic nitrogens is 1. The number of anilines is 1. The lowest BCUT2D eigenvalue weighted by atomic mass is 9.64. The van der Waals surface area contributed by atoms with Crippen molar-refractivity contribution in [3.63, 3.8) is 0 Å². The van der Waals surface area contributed by atoms with E-state index in [0.717, 1.165) is 0 Å². The number of nitrogens with zero attached hydrogens (tertiary/aromatic N) is 3. The van der Waals surface area contributed by atoms with Crippen LogP contribution in [0.1, 0.15) is 49.1 Å². The number of benzene rings is 2. The summed E-state index contributed by atoms with van der Waals surface area (Å²) in [5, 5.41) is 20.5. The Morgan fingerprint density at radius 2 is 1.55 bits per heavy atom. The average Bonchev–Trinajstić information content (AvgIpc) is 2.93. The van der Waals surface area contributed by atoms with Crippen LogP contribution in [0.4, 0.5) is 5.82 Å². The van der Waals surface area contributed by atoms with Crippen LogP contribution in [0.2, 0.25) is 0 Å². The molecule has 2 aromatic carbocycles. The van der Waals surface area contributed by atoms with Crippen LogP contribution in [-0.2, 0) is 24.5 Å². The molecule has 1 aliphatic carbocycles. The van der Waals surface area contributed by atoms with E-state index in [4.69, 9.17) is 15.2 Å². The third kappa shape index (κ3) is 4.49. The number of pyridine rings is 1. The van der Waals surface area contributed by atoms with E-state index in [1.54, 1.807) is 38.1 Å². The normalized spacial score (nSPS) is 16.1. The number of ether oxygens (including phenoxy) is 2. The first-order valence-electron chi connectivity index (χ1n) is 12.2. The van der Waals surface area contributed by atoms with Crippen LogP contribution in [-0.4, -0.2) is 30.1 Å². The van der Waals surface area contributed by atoms with Crippen molar-refractivity contribution in [3.8, 4) is 23.3 Å². The van der Waals surface area contributed by atoms with Gasteiger partial charge in [-0.15, -0.1) is 0 Å². The molecule has 1 heterocycles. The minimum Gasteiger partial charge on any atom is -0.466 e. The van der Waals surface area contributed by atoms with Gasteiger partial charge < -0.3 is 15.2 Å². The van der Waals surface area contributed by atoms with Gasteiger partial charge in [-0.05, 0) is 37.0 Å². The van der Waals surface area contributed by atoms with E-state index in [9.17, 15) is 20.1 Å². The van der Waals surface area contributed by atoms with Gasteiger partial charge in [0.25, 0.3) is 0 Å². The molecule has 3 aromatic rings. The highest BCUT2D eigenvalue weighted by Gasteiger charge is 2.52. The summed E-state index contributed by atoms with van der Waals surface area (Å²) < 4.78 is 10.9. The molecule has 8 nitrogen and oxygen atoms in total. The number of hydrogen-bond donors (Lipinski definition) is 1. The molecule has 1 aromatic heterocycles. The van der Waals surface area contributed by atoms with Crippen molar-refractivity contribution in [3.05, 3.63) is 83.0 Å². The summed E-state index contributed by atoms with van der Waals surface area (Å²) in [5.74, 6) is -1.37. The van der Waals surface area contributed by atoms with Gasteiger partial charge in [0.1, 0.15) is 28.9 Å². The molecule has 0 fully saturated rings. The molecule has 0 amide bonds. The highest BCUT2D eigenvalue weighted by atomic mass is 16.5. The lowest BCUT2D eigenvalue weighted by Gasteiger charge is -2.38. The van der Waals surface area contributed by atoms with Crippen LogP contribution in [0.5, 0.6) is 0 Å². The molecule has 0 aliphatic heterocycles. The fraction of sp³-hybridized carbons (Fsp3) is 0.233. The van der Waals surface area contributed by atoms with Crippen LogP contribution in [0, 0.1) is 22.7 Å². The largest absolute Gasteiger partial charge is 0.466 e. The molecule has 0 radical (unpaired) electrons. The number of nitriles is 2. The van der Waals surface area contributed by atoms with Crippen molar-refractivity contribution in [1.82, 2.24) is 4.98 Å². The Kier molecular flexibility index (Phi) is 7.55. The fourth-order valence-corrected chi connectivity index (χ4v) is 5.01. The Labute approximate surface area is 220 Å². The lowest BCUT2D eigenvalue weighted by Crippen LogP contribution is -2.44. The summed E-state index contributed by atoms with van der Waals surface area (Å²) in [4.78, 5) is 31.6. The van der Waals surface area contributed by atoms with Gasteiger partial charge in [-0.2, -0.15) is 10.5 Å². The molecule has 2 N–H and O–H groups in total. The second-order valence-corrected chi connectivity index (χ2v) is 8.74. The van der Waals surface area contributed by atoms with Gasteiger partial charge in [0.05, 0.1) is 30.9 Å². The van der Waals surface area contributed by atoms with Crippen molar-refractivity contribution in [2.45, 2.75) is 32.1 Å². The Morgan fingerprint density at radius 3 is 2.11 bits per heavy atom. The Hall–Kier alpha value is -4.95. The number of rotatable bonds is 7. The van der Waals surface area contributed by atoms with E-state index in [1.807, 2.05) is 36.4 Å². The first-order valence-corrected chi connectivity index (χ1v) is 12.2. The summed E-state index contributed by atoms with van der Waals surface area (Å²) in [6.07, 6.45) is -0.418. The average molecular weight is 507 g/mol. The van der Waals surface area contributed by atoms with Gasteiger partial charge in [-0.3, -0.25) is 9.59 Å². The summed E-state index contributed by atoms with van der Waals surface area (Å²) in [7, 11) is 0. The Morgan fingerprint density at radius 1 is 0.947 bits per heavy atom. The predicted octanol–water partition coefficient (Wildman–Crippen LogP) is 4.79. The maximum absolute atomic E-state index is 14.0. The summed E-state index contributed by atoms with van der Waals surface area (Å²) in [6.45, 7) is 3.53. The number of esters is 2. The van der Waals surface area contributed by atoms with Crippen molar-refractivity contribution in [2.24, 2.45) is 0 Å². The molecule has 0 bridgehead atoms. The number of nitrogen functional groups attached to an aromatic ring is 1. The van der Waals surface area contributed by atoms with Crippen LogP contribution < -0.4 is 5.73 Å². The molecule has 38 heavy (non-hydrogen) atoms. The predicted molar refractivity (Wildman–Crippen MR) is 142 cm³/mol. The molecule has 1 aliphatic rings. The maximum atomic E-state index is 14.0. The molecule has 0 saturated heterocycles. The highest BCUT2D eigenvalue weighted by Crippen LogP contribution is 2.53. The van der Waals surface area contributed by atoms with Gasteiger partial charge in [0.15, 0.2) is 0 Å². The second-order valence-electron chi connectivity index (χ2n) is 8.74. The molecule has 1 atom stereocenters. The minimum atomic E-state index is -1.64. The molecular formula is C30H26N4O4. The first kappa shape index (κ1) is 26.1. The van der Waals surface area contributed by atoms with Gasteiger partial charge in [-0.25, -0.2) is 4.98 Å². The van der Waals surface area contributed by atoms with Crippen molar-refractivity contribution < 1.29 is 19.1 Å². The molecule has 4 rings (SSSR count). The SMILES string of the molecule is CCOC(=O)CC1(C(=O)OCC)CC(c2ccccc2)=C(C#N)c2nc(N)c(C#N)c(-c3ccccc3)c21. The number of carbonyl (C=O) groups excluding carboxylic acids is 2. The summed E-state index contributed by atoms with van der Waals surface area (Å²) in [5.41, 5.74) is 7.47. The van der Waals surface area contributed by atoms with Crippen LogP contribution >= 0.6 is 0 Å². The zero-order chi connectivity index (χ0) is 27.3. The quantitative estimate of drug-likeness (QED) is 0.451. The van der Waals surface area contributed by atoms with E-state index in [0.29, 0.717) is 22.3 Å². The van der Waals surface area contributed by atoms with E-state index in [2.05, 4.69) is 17.1 Å². The van der Waals surface area contributed by atoms with E-state index in [1.165, 1.54) is 0 Å². The molecular weight excluding hydrogens is 480 g/mol. The van der Waals surface area contributed by atoms with E-state index < -0.39 is 17.4 Å². The highest BCUT2D eigenvalue weighted by molar-refractivity contribution is 6.07. The summed E-state index contributed by atoms with van der Waals surface area (Å²) in [6, 6.07) is 22.4. The summed E-state index contributed by atoms with van der Waals surface area (Å²) >= 11 is 0. The Balaban J connectivity index is 2.22. The van der Waals surface area contributed by atoms with E-state index in [-0.39, 0.29) is 54.3 Å². The molecule has 8 heteroatoms. The lowest BCUT2D eigenvalue weighted by molar-refractivity contribution is -0.156. The molecule has 0 spiro atoms. The van der Waals surface area contributed by atoms with Gasteiger partial charge >= 0.3 is 11.9 Å². The second kappa shape index (κ2) is 11.0. The van der Waals surface area contributed by atoms with Crippen LogP contribution in [0.25, 0.3) is 22.3 Å². The number of hydrogen-bond acceptors (Lipinski definition) is 8. The number of carbonyl (C=O) groups is 2. The van der Waals surface area contributed by atoms with Crippen molar-refractivity contribution in [2.75, 3.05) is 18.9 Å².